The van der Waals surface area contributed by atoms with Gasteiger partial charge in [-0.05, 0) is 50.1 Å². The molecule has 1 atom stereocenters. The van der Waals surface area contributed by atoms with Crippen LogP contribution in [0.3, 0.4) is 0 Å². The van der Waals surface area contributed by atoms with Gasteiger partial charge in [0.05, 0.1) is 24.9 Å². The Bertz CT molecular complexity index is 1240. The van der Waals surface area contributed by atoms with Crippen molar-refractivity contribution in [2.45, 2.75) is 45.8 Å². The van der Waals surface area contributed by atoms with Gasteiger partial charge in [0.25, 0.3) is 11.8 Å². The molecule has 4 rings (SSSR count). The van der Waals surface area contributed by atoms with E-state index < -0.39 is 6.04 Å². The first kappa shape index (κ1) is 25.9. The lowest BCUT2D eigenvalue weighted by molar-refractivity contribution is -0.122. The Morgan fingerprint density at radius 1 is 1.08 bits per heavy atom. The molecule has 1 aliphatic heterocycles. The van der Waals surface area contributed by atoms with Crippen LogP contribution in [0.15, 0.2) is 54.7 Å². The maximum atomic E-state index is 13.2. The zero-order chi connectivity index (χ0) is 26.2. The molecule has 0 aliphatic carbocycles. The molecule has 1 aliphatic rings. The Labute approximate surface area is 216 Å². The SMILES string of the molecule is Cc1ccc2c(c1)OCCCn1cc(nn1)CN(C(=O)c1ccccc1)CCCNC(=O)[C@@H](C)NC2=O. The number of ether oxygens (including phenoxy) is 1. The minimum absolute atomic E-state index is 0.116. The first-order chi connectivity index (χ1) is 17.9. The molecule has 0 saturated carbocycles. The molecule has 2 heterocycles. The predicted octanol–water partition coefficient (Wildman–Crippen LogP) is 2.34. The summed E-state index contributed by atoms with van der Waals surface area (Å²) < 4.78 is 7.66. The number of aryl methyl sites for hydroxylation is 2. The van der Waals surface area contributed by atoms with Crippen molar-refractivity contribution in [1.29, 1.82) is 0 Å². The van der Waals surface area contributed by atoms with E-state index in [9.17, 15) is 14.4 Å². The van der Waals surface area contributed by atoms with E-state index in [2.05, 4.69) is 20.9 Å². The first-order valence-electron chi connectivity index (χ1n) is 12.5. The van der Waals surface area contributed by atoms with E-state index in [0.717, 1.165) is 5.56 Å². The van der Waals surface area contributed by atoms with E-state index >= 15 is 0 Å². The van der Waals surface area contributed by atoms with Gasteiger partial charge in [0.15, 0.2) is 0 Å². The van der Waals surface area contributed by atoms with E-state index in [1.54, 1.807) is 34.7 Å². The van der Waals surface area contributed by atoms with Crippen molar-refractivity contribution in [3.05, 3.63) is 77.1 Å². The summed E-state index contributed by atoms with van der Waals surface area (Å²) in [7, 11) is 0. The van der Waals surface area contributed by atoms with Crippen molar-refractivity contribution < 1.29 is 19.1 Å². The van der Waals surface area contributed by atoms with Gasteiger partial charge in [0.1, 0.15) is 17.5 Å². The largest absolute Gasteiger partial charge is 0.493 e. The van der Waals surface area contributed by atoms with E-state index in [-0.39, 0.29) is 17.7 Å². The lowest BCUT2D eigenvalue weighted by atomic mass is 10.1. The van der Waals surface area contributed by atoms with Gasteiger partial charge in [-0.15, -0.1) is 5.10 Å². The summed E-state index contributed by atoms with van der Waals surface area (Å²) in [6.45, 7) is 5.58. The fraction of sp³-hybridized carbons (Fsp3) is 0.370. The van der Waals surface area contributed by atoms with Crippen LogP contribution in [0.25, 0.3) is 0 Å². The summed E-state index contributed by atoms with van der Waals surface area (Å²) in [5.74, 6) is -0.326. The van der Waals surface area contributed by atoms with Crippen molar-refractivity contribution in [2.75, 3.05) is 19.7 Å². The normalized spacial score (nSPS) is 17.8. The number of nitrogens with zero attached hydrogens (tertiary/aromatic N) is 4. The third-order valence-corrected chi connectivity index (χ3v) is 6.06. The highest BCUT2D eigenvalue weighted by Gasteiger charge is 2.21. The predicted molar refractivity (Wildman–Crippen MR) is 137 cm³/mol. The van der Waals surface area contributed by atoms with E-state index in [1.165, 1.54) is 0 Å². The number of carbonyl (C=O) groups is 3. The fourth-order valence-electron chi connectivity index (χ4n) is 4.05. The number of fused-ring (bicyclic) bond motifs is 3. The molecule has 2 bridgehead atoms. The Morgan fingerprint density at radius 3 is 2.70 bits per heavy atom. The summed E-state index contributed by atoms with van der Waals surface area (Å²) in [5, 5.41) is 14.0. The van der Waals surface area contributed by atoms with Crippen LogP contribution in [0.2, 0.25) is 0 Å². The third kappa shape index (κ3) is 6.93. The lowest BCUT2D eigenvalue weighted by Gasteiger charge is -2.22. The average molecular weight is 505 g/mol. The maximum Gasteiger partial charge on any atom is 0.255 e. The van der Waals surface area contributed by atoms with E-state index in [1.807, 2.05) is 43.5 Å². The van der Waals surface area contributed by atoms with Crippen LogP contribution in [0.4, 0.5) is 0 Å². The summed E-state index contributed by atoms with van der Waals surface area (Å²) >= 11 is 0. The van der Waals surface area contributed by atoms with Gasteiger partial charge in [0.2, 0.25) is 5.91 Å². The van der Waals surface area contributed by atoms with Crippen LogP contribution in [0.1, 0.15) is 51.7 Å². The number of rotatable bonds is 1. The van der Waals surface area contributed by atoms with Crippen LogP contribution >= 0.6 is 0 Å². The number of hydrogen-bond acceptors (Lipinski definition) is 6. The number of nitrogens with one attached hydrogen (secondary N) is 2. The summed E-state index contributed by atoms with van der Waals surface area (Å²) in [6.07, 6.45) is 3.01. The molecule has 0 radical (unpaired) electrons. The molecule has 0 spiro atoms. The molecule has 2 N–H and O–H groups in total. The molecule has 0 saturated heterocycles. The molecule has 0 unspecified atom stereocenters. The molecule has 3 aromatic rings. The molecule has 37 heavy (non-hydrogen) atoms. The molecular formula is C27H32N6O4. The minimum atomic E-state index is -0.736. The zero-order valence-electron chi connectivity index (χ0n) is 21.1. The van der Waals surface area contributed by atoms with Gasteiger partial charge in [-0.2, -0.15) is 0 Å². The highest BCUT2D eigenvalue weighted by Crippen LogP contribution is 2.21. The van der Waals surface area contributed by atoms with Crippen LogP contribution in [-0.4, -0.2) is 63.4 Å². The topological polar surface area (TPSA) is 118 Å². The summed E-state index contributed by atoms with van der Waals surface area (Å²) in [6, 6.07) is 13.7. The van der Waals surface area contributed by atoms with Crippen LogP contribution in [0.5, 0.6) is 5.75 Å². The van der Waals surface area contributed by atoms with Crippen LogP contribution in [0, 0.1) is 6.92 Å². The number of aromatic nitrogens is 3. The second-order valence-electron chi connectivity index (χ2n) is 9.11. The highest BCUT2D eigenvalue weighted by atomic mass is 16.5. The van der Waals surface area contributed by atoms with Crippen molar-refractivity contribution in [3.8, 4) is 5.75 Å². The van der Waals surface area contributed by atoms with Gasteiger partial charge in [-0.1, -0.05) is 29.5 Å². The van der Waals surface area contributed by atoms with Gasteiger partial charge in [-0.3, -0.25) is 19.1 Å². The van der Waals surface area contributed by atoms with E-state index in [4.69, 9.17) is 4.74 Å². The zero-order valence-corrected chi connectivity index (χ0v) is 21.1. The third-order valence-electron chi connectivity index (χ3n) is 6.06. The van der Waals surface area contributed by atoms with Crippen molar-refractivity contribution in [3.63, 3.8) is 0 Å². The second kappa shape index (κ2) is 12.2. The van der Waals surface area contributed by atoms with Gasteiger partial charge in [0, 0.05) is 31.6 Å². The standard InChI is InChI=1S/C27H32N6O4/c1-19-10-11-23-24(16-19)37-15-7-14-33-18-22(30-31-33)17-32(27(36)21-8-4-3-5-9-21)13-6-12-28-25(34)20(2)29-26(23)35/h3-5,8-11,16,18,20H,6-7,12-15,17H2,1-2H3,(H,28,34)(H,29,35)/t20-/m1/s1. The average Bonchev–Trinajstić information content (AvgIpc) is 3.35. The number of benzene rings is 2. The maximum absolute atomic E-state index is 13.2. The Kier molecular flexibility index (Phi) is 8.50. The molecular weight excluding hydrogens is 472 g/mol. The van der Waals surface area contributed by atoms with Crippen molar-refractivity contribution >= 4 is 17.7 Å². The van der Waals surface area contributed by atoms with Crippen LogP contribution < -0.4 is 15.4 Å². The molecule has 194 valence electrons. The van der Waals surface area contributed by atoms with Gasteiger partial charge < -0.3 is 20.3 Å². The van der Waals surface area contributed by atoms with Crippen LogP contribution in [-0.2, 0) is 17.9 Å². The fourth-order valence-corrected chi connectivity index (χ4v) is 4.05. The molecule has 10 nitrogen and oxygen atoms in total. The molecule has 2 aromatic carbocycles. The Balaban J connectivity index is 1.52. The number of carbonyl (C=O) groups excluding carboxylic acids is 3. The molecule has 10 heteroatoms. The van der Waals surface area contributed by atoms with Gasteiger partial charge in [-0.25, -0.2) is 0 Å². The second-order valence-corrected chi connectivity index (χ2v) is 9.11. The quantitative estimate of drug-likeness (QED) is 0.525. The first-order valence-corrected chi connectivity index (χ1v) is 12.5. The Hall–Kier alpha value is -4.21. The number of hydrogen-bond donors (Lipinski definition) is 2. The highest BCUT2D eigenvalue weighted by molar-refractivity contribution is 5.99. The van der Waals surface area contributed by atoms with Gasteiger partial charge >= 0.3 is 0 Å². The minimum Gasteiger partial charge on any atom is -0.493 e. The summed E-state index contributed by atoms with van der Waals surface area (Å²) in [4.78, 5) is 40.4. The monoisotopic (exact) mass is 504 g/mol. The van der Waals surface area contributed by atoms with E-state index in [0.29, 0.717) is 68.2 Å². The smallest absolute Gasteiger partial charge is 0.255 e. The lowest BCUT2D eigenvalue weighted by Crippen LogP contribution is -2.45. The molecule has 1 aromatic heterocycles. The Morgan fingerprint density at radius 2 is 1.89 bits per heavy atom. The summed E-state index contributed by atoms with van der Waals surface area (Å²) in [5.41, 5.74) is 2.60. The van der Waals surface area contributed by atoms with Crippen molar-refractivity contribution in [1.82, 2.24) is 30.5 Å². The molecule has 0 fully saturated rings. The number of amides is 3. The van der Waals surface area contributed by atoms with Crippen molar-refractivity contribution in [2.24, 2.45) is 0 Å². The molecule has 3 amide bonds.